The molecule has 1 aliphatic carbocycles. The molecule has 2 atom stereocenters. The lowest BCUT2D eigenvalue weighted by atomic mass is 10.1. The summed E-state index contributed by atoms with van der Waals surface area (Å²) in [6.45, 7) is 0. The van der Waals surface area contributed by atoms with Gasteiger partial charge in [0.2, 0.25) is 5.88 Å². The highest BCUT2D eigenvalue weighted by molar-refractivity contribution is 5.75. The molecule has 2 aromatic heterocycles. The fourth-order valence-electron chi connectivity index (χ4n) is 3.73. The van der Waals surface area contributed by atoms with E-state index in [9.17, 15) is 10.2 Å². The van der Waals surface area contributed by atoms with Gasteiger partial charge in [0.25, 0.3) is 0 Å². The van der Waals surface area contributed by atoms with Crippen molar-refractivity contribution in [3.8, 4) is 11.6 Å². The van der Waals surface area contributed by atoms with E-state index in [1.807, 2.05) is 54.6 Å². The summed E-state index contributed by atoms with van der Waals surface area (Å²) >= 11 is 0. The standard InChI is InChI=1S/C24H21N3O3/c28-17-10-7-16(14-17)19-4-3-13-25-24(19)30-18-11-8-15(9-12-18)22(29)23-26-20-5-1-2-6-21(20)27-23/h1-6,8-9,11-14,17,22,28-29H,7,10H2,(H,26,27). The molecule has 0 bridgehead atoms. The van der Waals surface area contributed by atoms with Crippen LogP contribution >= 0.6 is 0 Å². The Hall–Kier alpha value is -3.48. The third kappa shape index (κ3) is 3.58. The van der Waals surface area contributed by atoms with Crippen LogP contribution in [0.15, 0.2) is 72.9 Å². The van der Waals surface area contributed by atoms with E-state index in [0.29, 0.717) is 23.0 Å². The molecule has 0 aliphatic heterocycles. The number of allylic oxidation sites excluding steroid dienone is 1. The van der Waals surface area contributed by atoms with Gasteiger partial charge in [-0.3, -0.25) is 0 Å². The Morgan fingerprint density at radius 3 is 2.63 bits per heavy atom. The Balaban J connectivity index is 1.36. The van der Waals surface area contributed by atoms with Crippen LogP contribution in [0.3, 0.4) is 0 Å². The second kappa shape index (κ2) is 7.74. The first-order valence-corrected chi connectivity index (χ1v) is 9.92. The van der Waals surface area contributed by atoms with Crippen molar-refractivity contribution in [2.75, 3.05) is 0 Å². The number of aliphatic hydroxyl groups is 2. The van der Waals surface area contributed by atoms with Crippen LogP contribution < -0.4 is 4.74 Å². The topological polar surface area (TPSA) is 91.3 Å². The zero-order valence-corrected chi connectivity index (χ0v) is 16.2. The van der Waals surface area contributed by atoms with E-state index in [1.54, 1.807) is 18.3 Å². The van der Waals surface area contributed by atoms with Gasteiger partial charge in [0.05, 0.1) is 17.1 Å². The molecule has 0 spiro atoms. The average Bonchev–Trinajstić information content (AvgIpc) is 3.40. The number of hydrogen-bond donors (Lipinski definition) is 3. The number of fused-ring (bicyclic) bond motifs is 1. The fourth-order valence-corrected chi connectivity index (χ4v) is 3.73. The number of aromatic amines is 1. The van der Waals surface area contributed by atoms with E-state index < -0.39 is 12.2 Å². The van der Waals surface area contributed by atoms with Crippen molar-refractivity contribution in [2.45, 2.75) is 25.0 Å². The maximum Gasteiger partial charge on any atom is 0.226 e. The monoisotopic (exact) mass is 399 g/mol. The minimum absolute atomic E-state index is 0.410. The highest BCUT2D eigenvalue weighted by Crippen LogP contribution is 2.35. The first kappa shape index (κ1) is 18.5. The summed E-state index contributed by atoms with van der Waals surface area (Å²) in [5.74, 6) is 1.63. The molecule has 4 aromatic rings. The zero-order chi connectivity index (χ0) is 20.5. The molecule has 1 aliphatic rings. The number of H-pyrrole nitrogens is 1. The number of nitrogens with zero attached hydrogens (tertiary/aromatic N) is 2. The molecular weight excluding hydrogens is 378 g/mol. The SMILES string of the molecule is OC1C=C(c2cccnc2Oc2ccc(C(O)c3nc4ccccc4[nH]3)cc2)CC1. The third-order valence-electron chi connectivity index (χ3n) is 5.30. The molecule has 0 radical (unpaired) electrons. The Labute approximate surface area is 173 Å². The Morgan fingerprint density at radius 1 is 1.03 bits per heavy atom. The highest BCUT2D eigenvalue weighted by atomic mass is 16.5. The summed E-state index contributed by atoms with van der Waals surface area (Å²) in [4.78, 5) is 12.0. The van der Waals surface area contributed by atoms with Crippen molar-refractivity contribution in [3.63, 3.8) is 0 Å². The van der Waals surface area contributed by atoms with Crippen LogP contribution in [-0.2, 0) is 0 Å². The Morgan fingerprint density at radius 2 is 1.87 bits per heavy atom. The first-order valence-electron chi connectivity index (χ1n) is 9.92. The lowest BCUT2D eigenvalue weighted by Gasteiger charge is -2.12. The summed E-state index contributed by atoms with van der Waals surface area (Å²) < 4.78 is 6.01. The third-order valence-corrected chi connectivity index (χ3v) is 5.30. The molecule has 2 heterocycles. The van der Waals surface area contributed by atoms with Crippen molar-refractivity contribution >= 4 is 16.6 Å². The number of para-hydroxylation sites is 2. The number of aromatic nitrogens is 3. The van der Waals surface area contributed by atoms with Crippen molar-refractivity contribution in [3.05, 3.63) is 89.9 Å². The number of benzene rings is 2. The second-order valence-electron chi connectivity index (χ2n) is 7.37. The van der Waals surface area contributed by atoms with E-state index in [-0.39, 0.29) is 0 Å². The van der Waals surface area contributed by atoms with Crippen molar-refractivity contribution in [2.24, 2.45) is 0 Å². The van der Waals surface area contributed by atoms with Gasteiger partial charge < -0.3 is 19.9 Å². The number of rotatable bonds is 5. The van der Waals surface area contributed by atoms with Crippen LogP contribution in [0.1, 0.15) is 35.9 Å². The number of aliphatic hydroxyl groups excluding tert-OH is 2. The van der Waals surface area contributed by atoms with E-state index in [2.05, 4.69) is 15.0 Å². The predicted octanol–water partition coefficient (Wildman–Crippen LogP) is 4.37. The van der Waals surface area contributed by atoms with Gasteiger partial charge in [0, 0.05) is 11.8 Å². The molecular formula is C24H21N3O3. The van der Waals surface area contributed by atoms with Crippen molar-refractivity contribution < 1.29 is 14.9 Å². The minimum atomic E-state index is -0.859. The smallest absolute Gasteiger partial charge is 0.226 e. The predicted molar refractivity (Wildman–Crippen MR) is 114 cm³/mol. The second-order valence-corrected chi connectivity index (χ2v) is 7.37. The van der Waals surface area contributed by atoms with Crippen LogP contribution in [0.5, 0.6) is 11.6 Å². The minimum Gasteiger partial charge on any atom is -0.438 e. The summed E-state index contributed by atoms with van der Waals surface area (Å²) in [5, 5.41) is 20.5. The number of imidazole rings is 1. The highest BCUT2D eigenvalue weighted by Gasteiger charge is 2.19. The van der Waals surface area contributed by atoms with Crippen LogP contribution in [-0.4, -0.2) is 31.3 Å². The quantitative estimate of drug-likeness (QED) is 0.464. The zero-order valence-electron chi connectivity index (χ0n) is 16.2. The molecule has 0 saturated heterocycles. The summed E-state index contributed by atoms with van der Waals surface area (Å²) in [5.41, 5.74) is 4.35. The summed E-state index contributed by atoms with van der Waals surface area (Å²) in [7, 11) is 0. The van der Waals surface area contributed by atoms with Crippen molar-refractivity contribution in [1.29, 1.82) is 0 Å². The van der Waals surface area contributed by atoms with E-state index in [0.717, 1.165) is 35.0 Å². The lowest BCUT2D eigenvalue weighted by molar-refractivity contribution is 0.211. The van der Waals surface area contributed by atoms with Gasteiger partial charge in [-0.2, -0.15) is 0 Å². The van der Waals surface area contributed by atoms with Gasteiger partial charge in [0.1, 0.15) is 17.7 Å². The number of pyridine rings is 1. The molecule has 0 amide bonds. The summed E-state index contributed by atoms with van der Waals surface area (Å²) in [6, 6.07) is 18.7. The molecule has 150 valence electrons. The van der Waals surface area contributed by atoms with Gasteiger partial charge >= 0.3 is 0 Å². The molecule has 5 rings (SSSR count). The molecule has 2 aromatic carbocycles. The van der Waals surface area contributed by atoms with Crippen LogP contribution in [0.25, 0.3) is 16.6 Å². The van der Waals surface area contributed by atoms with Gasteiger partial charge in [-0.05, 0) is 60.4 Å². The lowest BCUT2D eigenvalue weighted by Crippen LogP contribution is -2.02. The fraction of sp³-hybridized carbons (Fsp3) is 0.167. The Kier molecular flexibility index (Phi) is 4.78. The molecule has 6 heteroatoms. The average molecular weight is 399 g/mol. The molecule has 6 nitrogen and oxygen atoms in total. The van der Waals surface area contributed by atoms with Gasteiger partial charge in [-0.25, -0.2) is 9.97 Å². The maximum atomic E-state index is 10.7. The molecule has 0 saturated carbocycles. The largest absolute Gasteiger partial charge is 0.438 e. The van der Waals surface area contributed by atoms with Crippen LogP contribution in [0, 0.1) is 0 Å². The molecule has 3 N–H and O–H groups in total. The number of ether oxygens (including phenoxy) is 1. The number of hydrogen-bond acceptors (Lipinski definition) is 5. The van der Waals surface area contributed by atoms with E-state index in [4.69, 9.17) is 4.74 Å². The van der Waals surface area contributed by atoms with Gasteiger partial charge in [0.15, 0.2) is 0 Å². The normalized spacial score (nSPS) is 17.1. The van der Waals surface area contributed by atoms with Gasteiger partial charge in [-0.15, -0.1) is 0 Å². The summed E-state index contributed by atoms with van der Waals surface area (Å²) in [6.07, 6.45) is 3.79. The van der Waals surface area contributed by atoms with Crippen molar-refractivity contribution in [1.82, 2.24) is 15.0 Å². The van der Waals surface area contributed by atoms with Gasteiger partial charge in [-0.1, -0.05) is 30.3 Å². The van der Waals surface area contributed by atoms with Crippen LogP contribution in [0.4, 0.5) is 0 Å². The first-order chi connectivity index (χ1) is 14.7. The maximum absolute atomic E-state index is 10.7. The van der Waals surface area contributed by atoms with E-state index in [1.165, 1.54) is 0 Å². The molecule has 30 heavy (non-hydrogen) atoms. The van der Waals surface area contributed by atoms with Crippen LogP contribution in [0.2, 0.25) is 0 Å². The van der Waals surface area contributed by atoms with E-state index >= 15 is 0 Å². The molecule has 0 fully saturated rings. The number of nitrogens with one attached hydrogen (secondary N) is 1. The molecule has 2 unspecified atom stereocenters. The Bertz CT molecular complexity index is 1180.